The Bertz CT molecular complexity index is 1170. The molecule has 3 heterocycles. The Morgan fingerprint density at radius 2 is 2.03 bits per heavy atom. The van der Waals surface area contributed by atoms with Crippen LogP contribution >= 0.6 is 0 Å². The number of anilines is 1. The number of likely N-dealkylation sites (tertiary alicyclic amines) is 1. The van der Waals surface area contributed by atoms with Crippen molar-refractivity contribution in [3.63, 3.8) is 0 Å². The van der Waals surface area contributed by atoms with Gasteiger partial charge in [-0.3, -0.25) is 4.40 Å². The van der Waals surface area contributed by atoms with Crippen LogP contribution in [-0.2, 0) is 4.84 Å². The molecule has 0 spiro atoms. The Balaban J connectivity index is 1.34. The van der Waals surface area contributed by atoms with Crippen molar-refractivity contribution in [3.8, 4) is 11.3 Å². The molecule has 1 aromatic carbocycles. The van der Waals surface area contributed by atoms with E-state index in [9.17, 15) is 18.0 Å². The number of nitrogens with zero attached hydrogens (tertiary/aromatic N) is 4. The van der Waals surface area contributed by atoms with E-state index in [1.807, 2.05) is 28.8 Å². The van der Waals surface area contributed by atoms with Gasteiger partial charge in [0.25, 0.3) is 0 Å². The number of aromatic nitrogens is 2. The summed E-state index contributed by atoms with van der Waals surface area (Å²) in [5.74, 6) is 0. The molecule has 35 heavy (non-hydrogen) atoms. The Kier molecular flexibility index (Phi) is 7.86. The van der Waals surface area contributed by atoms with Crippen molar-refractivity contribution < 1.29 is 22.8 Å². The Morgan fingerprint density at radius 3 is 2.83 bits per heavy atom. The van der Waals surface area contributed by atoms with Crippen LogP contribution < -0.4 is 10.6 Å². The minimum absolute atomic E-state index is 0.364. The summed E-state index contributed by atoms with van der Waals surface area (Å²) in [5.41, 5.74) is 3.41. The van der Waals surface area contributed by atoms with E-state index in [1.165, 1.54) is 25.9 Å². The first kappa shape index (κ1) is 24.5. The van der Waals surface area contributed by atoms with Crippen LogP contribution in [0.2, 0.25) is 0 Å². The highest BCUT2D eigenvalue weighted by Crippen LogP contribution is 2.24. The van der Waals surface area contributed by atoms with Gasteiger partial charge in [-0.25, -0.2) is 9.78 Å². The number of amides is 2. The van der Waals surface area contributed by atoms with Gasteiger partial charge in [-0.05, 0) is 56.6 Å². The molecule has 11 heteroatoms. The first-order chi connectivity index (χ1) is 16.9. The Morgan fingerprint density at radius 1 is 1.20 bits per heavy atom. The average molecular weight is 489 g/mol. The van der Waals surface area contributed by atoms with E-state index >= 15 is 0 Å². The predicted octanol–water partition coefficient (Wildman–Crippen LogP) is 4.52. The summed E-state index contributed by atoms with van der Waals surface area (Å²) in [4.78, 5) is 24.0. The molecule has 8 nitrogen and oxygen atoms in total. The maximum Gasteiger partial charge on any atom is 0.405 e. The van der Waals surface area contributed by atoms with Crippen LogP contribution in [0.4, 0.5) is 23.7 Å². The van der Waals surface area contributed by atoms with Crippen LogP contribution in [0.3, 0.4) is 0 Å². The fourth-order valence-electron chi connectivity index (χ4n) is 3.91. The van der Waals surface area contributed by atoms with Gasteiger partial charge in [-0.1, -0.05) is 17.3 Å². The lowest BCUT2D eigenvalue weighted by atomic mass is 10.1. The number of halogens is 3. The number of pyridine rings is 1. The molecule has 186 valence electrons. The third kappa shape index (κ3) is 7.19. The topological polar surface area (TPSA) is 83.3 Å². The molecule has 1 fully saturated rings. The third-order valence-electron chi connectivity index (χ3n) is 5.59. The molecule has 2 N–H and O–H groups in total. The fourth-order valence-corrected chi connectivity index (χ4v) is 3.91. The molecule has 1 aliphatic heterocycles. The second kappa shape index (κ2) is 11.2. The predicted molar refractivity (Wildman–Crippen MR) is 128 cm³/mol. The van der Waals surface area contributed by atoms with E-state index in [2.05, 4.69) is 20.4 Å². The lowest BCUT2D eigenvalue weighted by molar-refractivity contribution is -0.122. The number of oxime groups is 1. The minimum Gasteiger partial charge on any atom is -0.396 e. The number of fused-ring (bicyclic) bond motifs is 1. The van der Waals surface area contributed by atoms with Crippen molar-refractivity contribution >= 4 is 23.6 Å². The van der Waals surface area contributed by atoms with Crippen molar-refractivity contribution in [1.29, 1.82) is 0 Å². The summed E-state index contributed by atoms with van der Waals surface area (Å²) >= 11 is 0. The van der Waals surface area contributed by atoms with Crippen LogP contribution in [0.25, 0.3) is 16.9 Å². The van der Waals surface area contributed by atoms with E-state index in [0.29, 0.717) is 17.9 Å². The second-order valence-electron chi connectivity index (χ2n) is 8.31. The quantitative estimate of drug-likeness (QED) is 0.264. The number of hydrogen-bond acceptors (Lipinski definition) is 5. The highest BCUT2D eigenvalue weighted by molar-refractivity contribution is 5.90. The molecule has 1 aliphatic rings. The maximum atomic E-state index is 12.3. The number of imidazole rings is 1. The van der Waals surface area contributed by atoms with Crippen LogP contribution in [-0.4, -0.2) is 65.5 Å². The van der Waals surface area contributed by atoms with E-state index in [-0.39, 0.29) is 0 Å². The van der Waals surface area contributed by atoms with Crippen molar-refractivity contribution in [2.24, 2.45) is 5.16 Å². The number of hydrogen-bond donors (Lipinski definition) is 2. The molecule has 0 radical (unpaired) electrons. The third-order valence-corrected chi connectivity index (χ3v) is 5.59. The molecule has 0 unspecified atom stereocenters. The molecule has 0 aliphatic carbocycles. The number of benzene rings is 1. The summed E-state index contributed by atoms with van der Waals surface area (Å²) in [7, 11) is 0. The number of nitrogens with one attached hydrogen (secondary N) is 2. The highest BCUT2D eigenvalue weighted by atomic mass is 19.4. The molecule has 4 rings (SSSR count). The molecule has 0 bridgehead atoms. The zero-order chi connectivity index (χ0) is 24.7. The zero-order valence-electron chi connectivity index (χ0n) is 19.1. The number of rotatable bonds is 9. The summed E-state index contributed by atoms with van der Waals surface area (Å²) in [6.45, 7) is 2.55. The minimum atomic E-state index is -4.47. The number of carbonyl (C=O) groups excluding carboxylic acids is 1. The van der Waals surface area contributed by atoms with Crippen molar-refractivity contribution in [2.75, 3.05) is 38.1 Å². The van der Waals surface area contributed by atoms with Crippen LogP contribution in [0.5, 0.6) is 0 Å². The summed E-state index contributed by atoms with van der Waals surface area (Å²) in [6.07, 6.45) is 4.21. The van der Waals surface area contributed by atoms with Crippen molar-refractivity contribution in [2.45, 2.75) is 25.4 Å². The van der Waals surface area contributed by atoms with Gasteiger partial charge in [0.05, 0.1) is 18.1 Å². The van der Waals surface area contributed by atoms with Crippen molar-refractivity contribution in [3.05, 3.63) is 54.4 Å². The summed E-state index contributed by atoms with van der Waals surface area (Å²) < 4.78 is 38.7. The van der Waals surface area contributed by atoms with Gasteiger partial charge >= 0.3 is 12.2 Å². The first-order valence-corrected chi connectivity index (χ1v) is 11.4. The van der Waals surface area contributed by atoms with Gasteiger partial charge in [-0.15, -0.1) is 0 Å². The van der Waals surface area contributed by atoms with E-state index in [4.69, 9.17) is 4.84 Å². The van der Waals surface area contributed by atoms with E-state index in [0.717, 1.165) is 29.8 Å². The van der Waals surface area contributed by atoms with E-state index in [1.54, 1.807) is 35.9 Å². The van der Waals surface area contributed by atoms with Gasteiger partial charge in [0, 0.05) is 29.6 Å². The number of urea groups is 1. The molecule has 2 aromatic heterocycles. The zero-order valence-corrected chi connectivity index (χ0v) is 19.1. The lowest BCUT2D eigenvalue weighted by Gasteiger charge is -2.12. The number of carbonyl (C=O) groups is 1. The summed E-state index contributed by atoms with van der Waals surface area (Å²) in [6, 6.07) is 9.61. The standard InChI is InChI=1S/C24H27F3N6O2/c25-24(26,27)17-29-23(34)31-20-6-3-5-19(14-20)21-16-28-22-13-18(7-11-33(21)22)15-30-35-12-4-10-32-8-1-2-9-32/h3,5-7,11,13-16H,1-2,4,8-10,12,17H2,(H2,29,31,34)/b30-15+. The van der Waals surface area contributed by atoms with Gasteiger partial charge in [-0.2, -0.15) is 13.2 Å². The first-order valence-electron chi connectivity index (χ1n) is 11.4. The molecule has 1 saturated heterocycles. The van der Waals surface area contributed by atoms with E-state index < -0.39 is 18.8 Å². The van der Waals surface area contributed by atoms with Crippen molar-refractivity contribution in [1.82, 2.24) is 19.6 Å². The molecule has 0 atom stereocenters. The lowest BCUT2D eigenvalue weighted by Crippen LogP contribution is -2.36. The average Bonchev–Trinajstić information content (AvgIpc) is 3.49. The molecule has 0 saturated carbocycles. The normalized spacial score (nSPS) is 14.6. The summed E-state index contributed by atoms with van der Waals surface area (Å²) in [5, 5.41) is 8.25. The van der Waals surface area contributed by atoms with Crippen LogP contribution in [0, 0.1) is 0 Å². The Labute approximate surface area is 200 Å². The molecular formula is C24H27F3N6O2. The SMILES string of the molecule is O=C(NCC(F)(F)F)Nc1cccc(-c2cnc3cc(/C=N/OCCCN4CCCC4)ccn23)c1. The fraction of sp³-hybridized carbons (Fsp3) is 0.375. The molecule has 3 aromatic rings. The molecular weight excluding hydrogens is 461 g/mol. The Hall–Kier alpha value is -3.60. The van der Waals surface area contributed by atoms with Crippen LogP contribution in [0.15, 0.2) is 53.9 Å². The van der Waals surface area contributed by atoms with Gasteiger partial charge in [0.1, 0.15) is 18.8 Å². The number of alkyl halides is 3. The molecule has 2 amide bonds. The largest absolute Gasteiger partial charge is 0.405 e. The maximum absolute atomic E-state index is 12.3. The van der Waals surface area contributed by atoms with Crippen LogP contribution in [0.1, 0.15) is 24.8 Å². The van der Waals surface area contributed by atoms with Gasteiger partial charge in [0.2, 0.25) is 0 Å². The monoisotopic (exact) mass is 488 g/mol. The van der Waals surface area contributed by atoms with Gasteiger partial charge in [0.15, 0.2) is 0 Å². The highest BCUT2D eigenvalue weighted by Gasteiger charge is 2.27. The second-order valence-corrected chi connectivity index (χ2v) is 8.31. The van der Waals surface area contributed by atoms with Gasteiger partial charge < -0.3 is 20.4 Å². The smallest absolute Gasteiger partial charge is 0.396 e.